The van der Waals surface area contributed by atoms with E-state index in [2.05, 4.69) is 38.1 Å². The van der Waals surface area contributed by atoms with Gasteiger partial charge in [-0.3, -0.25) is 4.79 Å². The predicted molar refractivity (Wildman–Crippen MR) is 68.1 cm³/mol. The molecule has 2 nitrogen and oxygen atoms in total. The lowest BCUT2D eigenvalue weighted by atomic mass is 10.0. The molecular formula is C13H18ClNO. The van der Waals surface area contributed by atoms with Crippen molar-refractivity contribution in [3.63, 3.8) is 0 Å². The van der Waals surface area contributed by atoms with E-state index >= 15 is 0 Å². The molecule has 0 saturated carbocycles. The molecule has 0 aliphatic carbocycles. The van der Waals surface area contributed by atoms with E-state index in [0.29, 0.717) is 12.5 Å². The van der Waals surface area contributed by atoms with Gasteiger partial charge < -0.3 is 4.90 Å². The van der Waals surface area contributed by atoms with Crippen molar-refractivity contribution in [2.45, 2.75) is 26.2 Å². The third kappa shape index (κ3) is 3.86. The highest BCUT2D eigenvalue weighted by Gasteiger charge is 2.04. The Kier molecular flexibility index (Phi) is 4.81. The highest BCUT2D eigenvalue weighted by Crippen LogP contribution is 2.15. The number of carbonyl (C=O) groups excluding carboxylic acids is 1. The molecule has 0 bridgehead atoms. The lowest BCUT2D eigenvalue weighted by Gasteiger charge is -2.13. The van der Waals surface area contributed by atoms with Crippen LogP contribution in [0.2, 0.25) is 0 Å². The SMILES string of the molecule is CC(C)c1ccc(CCN(C)C(=O)Cl)cc1. The molecule has 0 atom stereocenters. The van der Waals surface area contributed by atoms with Gasteiger partial charge in [-0.25, -0.2) is 0 Å². The van der Waals surface area contributed by atoms with Crippen LogP contribution in [0.3, 0.4) is 0 Å². The van der Waals surface area contributed by atoms with Crippen molar-refractivity contribution in [3.8, 4) is 0 Å². The monoisotopic (exact) mass is 239 g/mol. The summed E-state index contributed by atoms with van der Waals surface area (Å²) in [6.45, 7) is 5.01. The van der Waals surface area contributed by atoms with Crippen LogP contribution in [0.4, 0.5) is 4.79 Å². The molecule has 0 heterocycles. The van der Waals surface area contributed by atoms with Crippen LogP contribution in [0.25, 0.3) is 0 Å². The summed E-state index contributed by atoms with van der Waals surface area (Å²) >= 11 is 5.35. The Morgan fingerprint density at radius 1 is 1.31 bits per heavy atom. The number of likely N-dealkylation sites (N-methyl/N-ethyl adjacent to an activating group) is 1. The van der Waals surface area contributed by atoms with Gasteiger partial charge in [0.2, 0.25) is 0 Å². The normalized spacial score (nSPS) is 10.6. The number of hydrogen-bond acceptors (Lipinski definition) is 1. The number of halogens is 1. The molecule has 0 N–H and O–H groups in total. The molecule has 0 aliphatic rings. The van der Waals surface area contributed by atoms with E-state index in [9.17, 15) is 4.79 Å². The number of benzene rings is 1. The number of amides is 1. The third-order valence-electron chi connectivity index (χ3n) is 2.68. The summed E-state index contributed by atoms with van der Waals surface area (Å²) in [7, 11) is 1.71. The van der Waals surface area contributed by atoms with Crippen molar-refractivity contribution in [1.82, 2.24) is 4.90 Å². The molecule has 88 valence electrons. The average molecular weight is 240 g/mol. The van der Waals surface area contributed by atoms with Crippen LogP contribution in [-0.2, 0) is 6.42 Å². The van der Waals surface area contributed by atoms with Crippen molar-refractivity contribution < 1.29 is 4.79 Å². The van der Waals surface area contributed by atoms with Crippen LogP contribution in [0.15, 0.2) is 24.3 Å². The van der Waals surface area contributed by atoms with E-state index in [1.807, 2.05) is 0 Å². The zero-order valence-corrected chi connectivity index (χ0v) is 10.8. The maximum Gasteiger partial charge on any atom is 0.316 e. The Hall–Kier alpha value is -1.02. The van der Waals surface area contributed by atoms with Gasteiger partial charge in [0.15, 0.2) is 0 Å². The molecule has 0 unspecified atom stereocenters. The van der Waals surface area contributed by atoms with Gasteiger partial charge in [-0.05, 0) is 35.1 Å². The first-order chi connectivity index (χ1) is 7.50. The van der Waals surface area contributed by atoms with Crippen LogP contribution < -0.4 is 0 Å². The minimum atomic E-state index is -0.404. The molecule has 0 spiro atoms. The van der Waals surface area contributed by atoms with Crippen molar-refractivity contribution in [2.75, 3.05) is 13.6 Å². The van der Waals surface area contributed by atoms with Crippen LogP contribution in [0.1, 0.15) is 30.9 Å². The van der Waals surface area contributed by atoms with Gasteiger partial charge in [-0.2, -0.15) is 0 Å². The second kappa shape index (κ2) is 5.90. The maximum absolute atomic E-state index is 10.8. The van der Waals surface area contributed by atoms with E-state index in [1.165, 1.54) is 16.0 Å². The van der Waals surface area contributed by atoms with Crippen molar-refractivity contribution in [1.29, 1.82) is 0 Å². The van der Waals surface area contributed by atoms with E-state index in [4.69, 9.17) is 11.6 Å². The van der Waals surface area contributed by atoms with E-state index < -0.39 is 5.37 Å². The summed E-state index contributed by atoms with van der Waals surface area (Å²) in [5, 5.41) is -0.404. The molecule has 0 saturated heterocycles. The molecule has 1 aromatic carbocycles. The zero-order valence-electron chi connectivity index (χ0n) is 10.0. The first kappa shape index (κ1) is 13.0. The van der Waals surface area contributed by atoms with Crippen molar-refractivity contribution >= 4 is 17.0 Å². The van der Waals surface area contributed by atoms with Crippen molar-refractivity contribution in [3.05, 3.63) is 35.4 Å². The van der Waals surface area contributed by atoms with Gasteiger partial charge in [0.05, 0.1) is 0 Å². The summed E-state index contributed by atoms with van der Waals surface area (Å²) in [5.41, 5.74) is 2.57. The first-order valence-corrected chi connectivity index (χ1v) is 5.88. The first-order valence-electron chi connectivity index (χ1n) is 5.50. The van der Waals surface area contributed by atoms with Gasteiger partial charge in [-0.1, -0.05) is 38.1 Å². The largest absolute Gasteiger partial charge is 0.332 e. The Morgan fingerprint density at radius 3 is 2.31 bits per heavy atom. The van der Waals surface area contributed by atoms with Crippen molar-refractivity contribution in [2.24, 2.45) is 0 Å². The quantitative estimate of drug-likeness (QED) is 0.580. The highest BCUT2D eigenvalue weighted by molar-refractivity contribution is 6.62. The molecule has 0 radical (unpaired) electrons. The van der Waals surface area contributed by atoms with Gasteiger partial charge in [0.25, 0.3) is 0 Å². The predicted octanol–water partition coefficient (Wildman–Crippen LogP) is 3.64. The zero-order chi connectivity index (χ0) is 12.1. The second-order valence-corrected chi connectivity index (χ2v) is 4.64. The summed E-state index contributed by atoms with van der Waals surface area (Å²) in [6.07, 6.45) is 0.841. The van der Waals surface area contributed by atoms with Gasteiger partial charge in [0.1, 0.15) is 0 Å². The number of hydrogen-bond donors (Lipinski definition) is 0. The Morgan fingerprint density at radius 2 is 1.88 bits per heavy atom. The number of rotatable bonds is 4. The Labute approximate surface area is 102 Å². The third-order valence-corrected chi connectivity index (χ3v) is 2.97. The summed E-state index contributed by atoms with van der Waals surface area (Å²) < 4.78 is 0. The van der Waals surface area contributed by atoms with Gasteiger partial charge in [-0.15, -0.1) is 0 Å². The molecule has 3 heteroatoms. The molecule has 0 aliphatic heterocycles. The van der Waals surface area contributed by atoms with E-state index in [0.717, 1.165) is 6.42 Å². The smallest absolute Gasteiger partial charge is 0.316 e. The van der Waals surface area contributed by atoms with Crippen LogP contribution in [0, 0.1) is 0 Å². The van der Waals surface area contributed by atoms with Crippen LogP contribution >= 0.6 is 11.6 Å². The fraction of sp³-hybridized carbons (Fsp3) is 0.462. The molecule has 0 fully saturated rings. The minimum absolute atomic E-state index is 0.404. The Balaban J connectivity index is 2.52. The molecule has 1 aromatic rings. The molecule has 1 amide bonds. The highest BCUT2D eigenvalue weighted by atomic mass is 35.5. The van der Waals surface area contributed by atoms with E-state index in [-0.39, 0.29) is 0 Å². The summed E-state index contributed by atoms with van der Waals surface area (Å²) in [4.78, 5) is 12.3. The topological polar surface area (TPSA) is 20.3 Å². The fourth-order valence-electron chi connectivity index (χ4n) is 1.45. The lowest BCUT2D eigenvalue weighted by Crippen LogP contribution is -2.23. The van der Waals surface area contributed by atoms with Crippen LogP contribution in [-0.4, -0.2) is 23.9 Å². The molecule has 0 aromatic heterocycles. The average Bonchev–Trinajstić information content (AvgIpc) is 2.26. The second-order valence-electron chi connectivity index (χ2n) is 4.32. The summed E-state index contributed by atoms with van der Waals surface area (Å²) in [6, 6.07) is 8.51. The van der Waals surface area contributed by atoms with Gasteiger partial charge in [0, 0.05) is 13.6 Å². The van der Waals surface area contributed by atoms with Crippen LogP contribution in [0.5, 0.6) is 0 Å². The standard InChI is InChI=1S/C13H18ClNO/c1-10(2)12-6-4-11(5-7-12)8-9-15(3)13(14)16/h4-7,10H,8-9H2,1-3H3. The minimum Gasteiger partial charge on any atom is -0.332 e. The van der Waals surface area contributed by atoms with E-state index in [1.54, 1.807) is 7.05 Å². The Bertz CT molecular complexity index is 345. The molecule has 16 heavy (non-hydrogen) atoms. The number of nitrogens with zero attached hydrogens (tertiary/aromatic N) is 1. The molecule has 1 rings (SSSR count). The molecular weight excluding hydrogens is 222 g/mol. The lowest BCUT2D eigenvalue weighted by molar-refractivity contribution is 0.232. The summed E-state index contributed by atoms with van der Waals surface area (Å²) in [5.74, 6) is 0.557. The maximum atomic E-state index is 10.8. The fourth-order valence-corrected chi connectivity index (χ4v) is 1.54. The van der Waals surface area contributed by atoms with Gasteiger partial charge >= 0.3 is 5.37 Å². The number of carbonyl (C=O) groups is 1.